The molecule has 2 aromatic heterocycles. The number of aromatic nitrogens is 3. The number of benzene rings is 1. The molecule has 4 rings (SSSR count). The van der Waals surface area contributed by atoms with E-state index in [-0.39, 0.29) is 6.04 Å². The van der Waals surface area contributed by atoms with Gasteiger partial charge in [0.1, 0.15) is 11.0 Å². The first kappa shape index (κ1) is 25.6. The zero-order valence-electron chi connectivity index (χ0n) is 19.8. The Bertz CT molecular complexity index is 1230. The fourth-order valence-corrected chi connectivity index (χ4v) is 4.01. The van der Waals surface area contributed by atoms with E-state index in [0.717, 1.165) is 35.7 Å². The molecule has 3 aromatic rings. The van der Waals surface area contributed by atoms with Crippen molar-refractivity contribution >= 4 is 45.8 Å². The molecule has 35 heavy (non-hydrogen) atoms. The normalized spacial score (nSPS) is 15.9. The topological polar surface area (TPSA) is 131 Å². The van der Waals surface area contributed by atoms with Crippen LogP contribution < -0.4 is 10.2 Å². The van der Waals surface area contributed by atoms with Gasteiger partial charge in [0, 0.05) is 49.7 Å². The number of aliphatic carboxylic acids is 1. The van der Waals surface area contributed by atoms with Crippen LogP contribution in [-0.4, -0.2) is 62.6 Å². The van der Waals surface area contributed by atoms with Crippen molar-refractivity contribution in [2.75, 3.05) is 24.5 Å². The second kappa shape index (κ2) is 11.9. The molecule has 0 amide bonds. The third-order valence-electron chi connectivity index (χ3n) is 5.43. The molecule has 0 aliphatic carbocycles. The van der Waals surface area contributed by atoms with Gasteiger partial charge in [0.2, 0.25) is 5.96 Å². The standard InChI is InChI=1S/C22H23ClN8.C2H4O2/c1-15(2)19-13-30(21-12-26-11-20(23)29-21)8-9-31(19)22(27-14-24)28-18-5-3-4-16-10-25-7-6-17(16)18;1-2(3)4/h3-7,10-12,15,19H,8-9,13H2,1-2H3,(H,27,28);1H3,(H,3,4). The first-order valence-electron chi connectivity index (χ1n) is 11.0. The Balaban J connectivity index is 0.000000795. The van der Waals surface area contributed by atoms with E-state index in [1.54, 1.807) is 12.4 Å². The van der Waals surface area contributed by atoms with Gasteiger partial charge >= 0.3 is 0 Å². The van der Waals surface area contributed by atoms with Gasteiger partial charge in [0.25, 0.3) is 5.97 Å². The van der Waals surface area contributed by atoms with Gasteiger partial charge in [-0.3, -0.25) is 20.1 Å². The Morgan fingerprint density at radius 3 is 2.71 bits per heavy atom. The monoisotopic (exact) mass is 494 g/mol. The fourth-order valence-electron chi connectivity index (χ4n) is 3.87. The van der Waals surface area contributed by atoms with Crippen LogP contribution in [0.15, 0.2) is 54.0 Å². The summed E-state index contributed by atoms with van der Waals surface area (Å²) in [5.41, 5.74) is 0.795. The Hall–Kier alpha value is -3.97. The van der Waals surface area contributed by atoms with Crippen LogP contribution in [0, 0.1) is 17.4 Å². The Morgan fingerprint density at radius 1 is 1.26 bits per heavy atom. The van der Waals surface area contributed by atoms with Crippen LogP contribution in [0.4, 0.5) is 11.5 Å². The lowest BCUT2D eigenvalue weighted by Crippen LogP contribution is -2.59. The maximum Gasteiger partial charge on any atom is 0.300 e. The highest BCUT2D eigenvalue weighted by atomic mass is 35.5. The van der Waals surface area contributed by atoms with Crippen LogP contribution in [-0.2, 0) is 4.79 Å². The number of hydrogen-bond donors (Lipinski definition) is 2. The molecule has 1 aliphatic heterocycles. The third kappa shape index (κ3) is 6.77. The van der Waals surface area contributed by atoms with Gasteiger partial charge in [-0.05, 0) is 18.1 Å². The number of carbonyl (C=O) groups is 1. The molecule has 0 saturated carbocycles. The number of fused-ring (bicyclic) bond motifs is 1. The van der Waals surface area contributed by atoms with E-state index in [9.17, 15) is 5.26 Å². The molecule has 1 unspecified atom stereocenters. The van der Waals surface area contributed by atoms with E-state index < -0.39 is 5.97 Å². The summed E-state index contributed by atoms with van der Waals surface area (Å²) in [4.78, 5) is 31.0. The van der Waals surface area contributed by atoms with Crippen LogP contribution in [0.25, 0.3) is 10.8 Å². The molecule has 1 aromatic carbocycles. The number of guanidine groups is 1. The molecule has 1 atom stereocenters. The average Bonchev–Trinajstić information content (AvgIpc) is 2.83. The van der Waals surface area contributed by atoms with Crippen molar-refractivity contribution in [1.29, 1.82) is 5.26 Å². The van der Waals surface area contributed by atoms with Gasteiger partial charge in [0.05, 0.1) is 24.1 Å². The number of rotatable bonds is 3. The minimum Gasteiger partial charge on any atom is -0.481 e. The molecule has 11 heteroatoms. The molecule has 0 radical (unpaired) electrons. The van der Waals surface area contributed by atoms with Crippen LogP contribution in [0.5, 0.6) is 0 Å². The summed E-state index contributed by atoms with van der Waals surface area (Å²) in [5, 5.41) is 22.0. The van der Waals surface area contributed by atoms with E-state index in [1.165, 1.54) is 6.20 Å². The highest BCUT2D eigenvalue weighted by molar-refractivity contribution is 6.29. The number of aliphatic imine (C=N–C) groups is 1. The van der Waals surface area contributed by atoms with Gasteiger partial charge in [-0.2, -0.15) is 5.26 Å². The highest BCUT2D eigenvalue weighted by Crippen LogP contribution is 2.27. The number of pyridine rings is 1. The predicted octanol–water partition coefficient (Wildman–Crippen LogP) is 3.67. The lowest BCUT2D eigenvalue weighted by atomic mass is 10.00. The summed E-state index contributed by atoms with van der Waals surface area (Å²) in [6, 6.07) is 7.95. The van der Waals surface area contributed by atoms with Crippen LogP contribution in [0.2, 0.25) is 5.15 Å². The Morgan fingerprint density at radius 2 is 2.03 bits per heavy atom. The van der Waals surface area contributed by atoms with Crippen molar-refractivity contribution < 1.29 is 9.90 Å². The van der Waals surface area contributed by atoms with Gasteiger partial charge in [-0.1, -0.05) is 37.6 Å². The minimum atomic E-state index is -0.833. The lowest BCUT2D eigenvalue weighted by molar-refractivity contribution is -0.134. The second-order valence-corrected chi connectivity index (χ2v) is 8.60. The van der Waals surface area contributed by atoms with E-state index in [2.05, 4.69) is 50.1 Å². The molecule has 182 valence electrons. The molecule has 2 N–H and O–H groups in total. The predicted molar refractivity (Wildman–Crippen MR) is 135 cm³/mol. The van der Waals surface area contributed by atoms with Crippen molar-refractivity contribution in [3.05, 3.63) is 54.2 Å². The van der Waals surface area contributed by atoms with E-state index in [4.69, 9.17) is 26.5 Å². The number of nitrogens with zero attached hydrogens (tertiary/aromatic N) is 7. The quantitative estimate of drug-likeness (QED) is 0.242. The summed E-state index contributed by atoms with van der Waals surface area (Å²) in [6.07, 6.45) is 8.88. The largest absolute Gasteiger partial charge is 0.481 e. The first-order chi connectivity index (χ1) is 16.8. The van der Waals surface area contributed by atoms with Crippen molar-refractivity contribution in [2.24, 2.45) is 10.9 Å². The average molecular weight is 495 g/mol. The number of hydrogen-bond acceptors (Lipinski definition) is 7. The maximum atomic E-state index is 9.42. The van der Waals surface area contributed by atoms with Crippen molar-refractivity contribution in [3.63, 3.8) is 0 Å². The third-order valence-corrected chi connectivity index (χ3v) is 5.61. The van der Waals surface area contributed by atoms with Gasteiger partial charge in [-0.15, -0.1) is 0 Å². The van der Waals surface area contributed by atoms with Crippen molar-refractivity contribution in [3.8, 4) is 6.19 Å². The van der Waals surface area contributed by atoms with E-state index in [0.29, 0.717) is 30.1 Å². The molecule has 0 spiro atoms. The summed E-state index contributed by atoms with van der Waals surface area (Å²) < 4.78 is 0. The molecular formula is C24H27ClN8O2. The maximum absolute atomic E-state index is 9.42. The summed E-state index contributed by atoms with van der Waals surface area (Å²) >= 11 is 6.04. The van der Waals surface area contributed by atoms with E-state index in [1.807, 2.05) is 30.5 Å². The first-order valence-corrected chi connectivity index (χ1v) is 11.4. The number of anilines is 1. The number of nitriles is 1. The Kier molecular flexibility index (Phi) is 8.75. The van der Waals surface area contributed by atoms with E-state index >= 15 is 0 Å². The molecule has 1 aliphatic rings. The number of carboxylic acids is 1. The lowest BCUT2D eigenvalue weighted by Gasteiger charge is -2.44. The van der Waals surface area contributed by atoms with Crippen molar-refractivity contribution in [1.82, 2.24) is 25.2 Å². The smallest absolute Gasteiger partial charge is 0.300 e. The summed E-state index contributed by atoms with van der Waals surface area (Å²) in [7, 11) is 0. The van der Waals surface area contributed by atoms with Gasteiger partial charge in [-0.25, -0.2) is 9.98 Å². The van der Waals surface area contributed by atoms with Crippen LogP contribution >= 0.6 is 11.6 Å². The molecule has 10 nitrogen and oxygen atoms in total. The van der Waals surface area contributed by atoms with Crippen LogP contribution in [0.3, 0.4) is 0 Å². The minimum absolute atomic E-state index is 0.116. The zero-order chi connectivity index (χ0) is 25.4. The molecule has 1 saturated heterocycles. The highest BCUT2D eigenvalue weighted by Gasteiger charge is 2.32. The molecule has 3 heterocycles. The van der Waals surface area contributed by atoms with Gasteiger partial charge in [0.15, 0.2) is 6.19 Å². The van der Waals surface area contributed by atoms with Crippen LogP contribution in [0.1, 0.15) is 20.8 Å². The summed E-state index contributed by atoms with van der Waals surface area (Å²) in [5.74, 6) is 0.783. The number of halogens is 1. The summed E-state index contributed by atoms with van der Waals surface area (Å²) in [6.45, 7) is 7.52. The fraction of sp³-hybridized carbons (Fsp3) is 0.333. The Labute approximate surface area is 208 Å². The van der Waals surface area contributed by atoms with Crippen molar-refractivity contribution in [2.45, 2.75) is 26.8 Å². The molecular weight excluding hydrogens is 468 g/mol. The number of nitrogens with one attached hydrogen (secondary N) is 1. The second-order valence-electron chi connectivity index (χ2n) is 8.22. The number of carboxylic acid groups (broad SMARTS) is 1. The molecule has 1 fully saturated rings. The zero-order valence-corrected chi connectivity index (χ0v) is 20.5. The number of piperazine rings is 1. The SMILES string of the molecule is CC(=O)O.CC(C)C1CN(c2cncc(Cl)n2)CCN1C(=Nc1cccc2cnccc12)NC#N. The van der Waals surface area contributed by atoms with Gasteiger partial charge < -0.3 is 14.9 Å². The molecule has 0 bridgehead atoms.